The molecular formula is C20H25N3O4. The number of likely N-dealkylation sites (tertiary alicyclic amines) is 1. The molecule has 2 amide bonds. The van der Waals surface area contributed by atoms with Crippen LogP contribution < -0.4 is 4.74 Å². The topological polar surface area (TPSA) is 85.9 Å². The first-order valence-corrected chi connectivity index (χ1v) is 9.30. The number of aliphatic hydroxyl groups excluding tert-OH is 1. The Hall–Kier alpha value is -2.54. The van der Waals surface area contributed by atoms with Crippen molar-refractivity contribution in [3.05, 3.63) is 29.5 Å². The molecule has 2 aliphatic rings. The summed E-state index contributed by atoms with van der Waals surface area (Å²) in [5.41, 5.74) is 2.61. The summed E-state index contributed by atoms with van der Waals surface area (Å²) < 4.78 is 5.34. The summed E-state index contributed by atoms with van der Waals surface area (Å²) >= 11 is 0. The Balaban J connectivity index is 1.87. The number of hydrogen-bond acceptors (Lipinski definition) is 4. The zero-order valence-corrected chi connectivity index (χ0v) is 15.9. The Labute approximate surface area is 157 Å². The number of hydrogen-bond donors (Lipinski definition) is 2. The molecule has 27 heavy (non-hydrogen) atoms. The number of fused-ring (bicyclic) bond motifs is 4. The molecule has 0 unspecified atom stereocenters. The molecule has 1 atom stereocenters. The van der Waals surface area contributed by atoms with Gasteiger partial charge in [-0.05, 0) is 17.7 Å². The lowest BCUT2D eigenvalue weighted by Crippen LogP contribution is -2.67. The first-order valence-electron chi connectivity index (χ1n) is 9.30. The molecular weight excluding hydrogens is 346 g/mol. The normalized spacial score (nSPS) is 20.5. The molecule has 1 aromatic heterocycles. The van der Waals surface area contributed by atoms with E-state index in [1.807, 2.05) is 30.0 Å². The molecule has 0 bridgehead atoms. The summed E-state index contributed by atoms with van der Waals surface area (Å²) in [5, 5.41) is 11.1. The average molecular weight is 371 g/mol. The van der Waals surface area contributed by atoms with Gasteiger partial charge in [0.2, 0.25) is 11.8 Å². The molecule has 4 rings (SSSR count). The number of benzene rings is 1. The second kappa shape index (κ2) is 6.27. The van der Waals surface area contributed by atoms with Gasteiger partial charge in [0.25, 0.3) is 0 Å². The fraction of sp³-hybridized carbons (Fsp3) is 0.500. The standard InChI is InChI=1S/C20H25N3O4/c1-4-17(26)22-9-20(10-22)11-23(12(2)25)16(8-24)19-18(20)14-6-5-13(27-3)7-15(14)21-19/h5-7,16,21,24H,4,8-11H2,1-3H3/t16-/m1/s1. The van der Waals surface area contributed by atoms with Crippen LogP contribution >= 0.6 is 0 Å². The molecule has 144 valence electrons. The highest BCUT2D eigenvalue weighted by atomic mass is 16.5. The van der Waals surface area contributed by atoms with Crippen LogP contribution in [0.25, 0.3) is 10.9 Å². The van der Waals surface area contributed by atoms with E-state index in [-0.39, 0.29) is 23.8 Å². The zero-order valence-electron chi connectivity index (χ0n) is 15.9. The minimum absolute atomic E-state index is 0.0735. The van der Waals surface area contributed by atoms with Gasteiger partial charge < -0.3 is 24.6 Å². The van der Waals surface area contributed by atoms with Crippen molar-refractivity contribution in [2.75, 3.05) is 33.4 Å². The maximum absolute atomic E-state index is 12.3. The first kappa shape index (κ1) is 17.9. The van der Waals surface area contributed by atoms with Crippen molar-refractivity contribution in [1.29, 1.82) is 0 Å². The number of rotatable bonds is 3. The van der Waals surface area contributed by atoms with Crippen molar-refractivity contribution in [1.82, 2.24) is 14.8 Å². The van der Waals surface area contributed by atoms with Crippen LogP contribution in [0.5, 0.6) is 5.75 Å². The summed E-state index contributed by atoms with van der Waals surface area (Å²) in [7, 11) is 1.62. The number of methoxy groups -OCH3 is 1. The van der Waals surface area contributed by atoms with E-state index in [1.165, 1.54) is 6.92 Å². The number of nitrogens with zero attached hydrogens (tertiary/aromatic N) is 2. The van der Waals surface area contributed by atoms with E-state index in [9.17, 15) is 14.7 Å². The van der Waals surface area contributed by atoms with Crippen molar-refractivity contribution >= 4 is 22.7 Å². The van der Waals surface area contributed by atoms with Gasteiger partial charge >= 0.3 is 0 Å². The van der Waals surface area contributed by atoms with Crippen molar-refractivity contribution in [3.63, 3.8) is 0 Å². The molecule has 2 N–H and O–H groups in total. The van der Waals surface area contributed by atoms with Crippen molar-refractivity contribution in [2.45, 2.75) is 31.7 Å². The van der Waals surface area contributed by atoms with Crippen LogP contribution in [0.15, 0.2) is 18.2 Å². The lowest BCUT2D eigenvalue weighted by atomic mass is 9.68. The highest BCUT2D eigenvalue weighted by Crippen LogP contribution is 2.48. The predicted octanol–water partition coefficient (Wildman–Crippen LogP) is 1.56. The van der Waals surface area contributed by atoms with Gasteiger partial charge in [-0.25, -0.2) is 0 Å². The van der Waals surface area contributed by atoms with E-state index in [2.05, 4.69) is 4.98 Å². The van der Waals surface area contributed by atoms with Crippen LogP contribution in [0, 0.1) is 0 Å². The van der Waals surface area contributed by atoms with Crippen LogP contribution in [0.2, 0.25) is 0 Å². The lowest BCUT2D eigenvalue weighted by molar-refractivity contribution is -0.144. The number of aromatic nitrogens is 1. The zero-order chi connectivity index (χ0) is 19.3. The summed E-state index contributed by atoms with van der Waals surface area (Å²) in [5.74, 6) is 0.799. The summed E-state index contributed by atoms with van der Waals surface area (Å²) in [6.07, 6.45) is 0.476. The number of H-pyrrole nitrogens is 1. The van der Waals surface area contributed by atoms with Gasteiger partial charge in [-0.3, -0.25) is 9.59 Å². The molecule has 1 spiro atoms. The Morgan fingerprint density at radius 1 is 1.33 bits per heavy atom. The number of aliphatic hydroxyl groups is 1. The SMILES string of the molecule is CCC(=O)N1CC2(C1)CN(C(C)=O)[C@H](CO)c1[nH]c3cc(OC)ccc3c12. The number of carbonyl (C=O) groups is 2. The number of ether oxygens (including phenoxy) is 1. The van der Waals surface area contributed by atoms with E-state index >= 15 is 0 Å². The first-order chi connectivity index (χ1) is 12.9. The third-order valence-corrected chi connectivity index (χ3v) is 5.97. The fourth-order valence-electron chi connectivity index (χ4n) is 4.68. The van der Waals surface area contributed by atoms with Crippen LogP contribution in [0.3, 0.4) is 0 Å². The van der Waals surface area contributed by atoms with Crippen LogP contribution in [-0.4, -0.2) is 65.1 Å². The molecule has 0 radical (unpaired) electrons. The van der Waals surface area contributed by atoms with Gasteiger partial charge in [-0.1, -0.05) is 6.92 Å². The highest BCUT2D eigenvalue weighted by Gasteiger charge is 2.54. The Kier molecular flexibility index (Phi) is 4.14. The molecule has 0 saturated carbocycles. The summed E-state index contributed by atoms with van der Waals surface area (Å²) in [6, 6.07) is 5.47. The molecule has 0 aliphatic carbocycles. The molecule has 1 fully saturated rings. The van der Waals surface area contributed by atoms with E-state index in [0.29, 0.717) is 26.1 Å². The summed E-state index contributed by atoms with van der Waals surface area (Å²) in [4.78, 5) is 31.4. The Bertz CT molecular complexity index is 913. The van der Waals surface area contributed by atoms with Crippen LogP contribution in [0.1, 0.15) is 37.6 Å². The van der Waals surface area contributed by atoms with Gasteiger partial charge in [0.05, 0.1) is 25.2 Å². The number of aromatic amines is 1. The monoisotopic (exact) mass is 371 g/mol. The number of carbonyl (C=O) groups excluding carboxylic acids is 2. The van der Waals surface area contributed by atoms with E-state index < -0.39 is 6.04 Å². The van der Waals surface area contributed by atoms with Gasteiger partial charge in [-0.2, -0.15) is 0 Å². The van der Waals surface area contributed by atoms with Gasteiger partial charge in [0, 0.05) is 55.6 Å². The maximum atomic E-state index is 12.3. The molecule has 1 saturated heterocycles. The Morgan fingerprint density at radius 2 is 2.07 bits per heavy atom. The fourth-order valence-corrected chi connectivity index (χ4v) is 4.68. The van der Waals surface area contributed by atoms with Gasteiger partial charge in [0.15, 0.2) is 0 Å². The quantitative estimate of drug-likeness (QED) is 0.857. The second-order valence-corrected chi connectivity index (χ2v) is 7.55. The van der Waals surface area contributed by atoms with Crippen molar-refractivity contribution < 1.29 is 19.4 Å². The van der Waals surface area contributed by atoms with Crippen molar-refractivity contribution in [3.8, 4) is 5.75 Å². The maximum Gasteiger partial charge on any atom is 0.222 e. The predicted molar refractivity (Wildman–Crippen MR) is 101 cm³/mol. The van der Waals surface area contributed by atoms with Crippen LogP contribution in [0.4, 0.5) is 0 Å². The third kappa shape index (κ3) is 2.52. The van der Waals surface area contributed by atoms with Gasteiger partial charge in [0.1, 0.15) is 5.75 Å². The van der Waals surface area contributed by atoms with E-state index in [4.69, 9.17) is 4.74 Å². The molecule has 7 nitrogen and oxygen atoms in total. The molecule has 7 heteroatoms. The summed E-state index contributed by atoms with van der Waals surface area (Å²) in [6.45, 7) is 4.93. The number of amides is 2. The number of nitrogens with one attached hydrogen (secondary N) is 1. The molecule has 1 aromatic carbocycles. The molecule has 3 heterocycles. The molecule has 2 aromatic rings. The smallest absolute Gasteiger partial charge is 0.222 e. The average Bonchev–Trinajstić information content (AvgIpc) is 3.02. The Morgan fingerprint density at radius 3 is 2.67 bits per heavy atom. The van der Waals surface area contributed by atoms with E-state index in [1.54, 1.807) is 12.0 Å². The van der Waals surface area contributed by atoms with Crippen LogP contribution in [-0.2, 0) is 15.0 Å². The van der Waals surface area contributed by atoms with E-state index in [0.717, 1.165) is 27.9 Å². The minimum Gasteiger partial charge on any atom is -0.497 e. The third-order valence-electron chi connectivity index (χ3n) is 5.97. The lowest BCUT2D eigenvalue weighted by Gasteiger charge is -2.56. The second-order valence-electron chi connectivity index (χ2n) is 7.55. The van der Waals surface area contributed by atoms with Gasteiger partial charge in [-0.15, -0.1) is 0 Å². The minimum atomic E-state index is -0.405. The molecule has 2 aliphatic heterocycles. The largest absolute Gasteiger partial charge is 0.497 e. The highest BCUT2D eigenvalue weighted by molar-refractivity contribution is 5.89. The van der Waals surface area contributed by atoms with Crippen molar-refractivity contribution in [2.24, 2.45) is 0 Å².